The summed E-state index contributed by atoms with van der Waals surface area (Å²) in [4.78, 5) is 15.9. The number of amides is 1. The van der Waals surface area contributed by atoms with E-state index in [4.69, 9.17) is 0 Å². The monoisotopic (exact) mass is 264 g/mol. The predicted octanol–water partition coefficient (Wildman–Crippen LogP) is 1.61. The summed E-state index contributed by atoms with van der Waals surface area (Å²) >= 11 is 0. The number of aryl methyl sites for hydroxylation is 1. The molecule has 1 saturated heterocycles. The molecule has 1 atom stereocenters. The van der Waals surface area contributed by atoms with Gasteiger partial charge in [0.25, 0.3) is 0 Å². The third kappa shape index (κ3) is 4.06. The first-order valence-electron chi connectivity index (χ1n) is 7.19. The molecule has 0 radical (unpaired) electrons. The maximum Gasteiger partial charge on any atom is 0.221 e. The lowest BCUT2D eigenvalue weighted by molar-refractivity contribution is -0.121. The van der Waals surface area contributed by atoms with Crippen LogP contribution in [-0.4, -0.2) is 28.0 Å². The van der Waals surface area contributed by atoms with Gasteiger partial charge in [0, 0.05) is 31.2 Å². The van der Waals surface area contributed by atoms with Crippen LogP contribution in [0.3, 0.4) is 0 Å². The molecule has 1 amide bonds. The van der Waals surface area contributed by atoms with Crippen molar-refractivity contribution < 1.29 is 4.79 Å². The maximum atomic E-state index is 11.7. The van der Waals surface area contributed by atoms with Crippen LogP contribution in [0.5, 0.6) is 0 Å². The number of carbonyl (C=O) groups excluding carboxylic acids is 1. The van der Waals surface area contributed by atoms with E-state index >= 15 is 0 Å². The van der Waals surface area contributed by atoms with Crippen molar-refractivity contribution in [2.24, 2.45) is 0 Å². The van der Waals surface area contributed by atoms with E-state index in [1.165, 1.54) is 18.5 Å². The fourth-order valence-corrected chi connectivity index (χ4v) is 2.53. The van der Waals surface area contributed by atoms with Crippen LogP contribution >= 0.6 is 0 Å². The topological polar surface area (TPSA) is 59.0 Å². The molecule has 5 nitrogen and oxygen atoms in total. The Kier molecular flexibility index (Phi) is 4.96. The molecular weight excluding hydrogens is 240 g/mol. The lowest BCUT2D eigenvalue weighted by Gasteiger charge is -2.24. The first-order valence-corrected chi connectivity index (χ1v) is 7.19. The van der Waals surface area contributed by atoms with Crippen LogP contribution in [0, 0.1) is 0 Å². The van der Waals surface area contributed by atoms with E-state index < -0.39 is 0 Å². The van der Waals surface area contributed by atoms with Crippen molar-refractivity contribution in [2.75, 3.05) is 6.54 Å². The first kappa shape index (κ1) is 14.1. The molecule has 1 aromatic heterocycles. The minimum atomic E-state index is 0.103. The lowest BCUT2D eigenvalue weighted by atomic mass is 10.0. The normalized spacial score (nSPS) is 19.6. The minimum absolute atomic E-state index is 0.103. The SMILES string of the molecule is CC(C)NC(=O)CCn1cncc1C1CCCCN1. The number of aromatic nitrogens is 2. The van der Waals surface area contributed by atoms with Crippen molar-refractivity contribution in [1.29, 1.82) is 0 Å². The molecule has 1 unspecified atom stereocenters. The molecule has 2 heterocycles. The molecule has 1 fully saturated rings. The van der Waals surface area contributed by atoms with E-state index in [2.05, 4.69) is 20.2 Å². The van der Waals surface area contributed by atoms with Crippen LogP contribution in [0.4, 0.5) is 0 Å². The third-order valence-corrected chi connectivity index (χ3v) is 3.44. The van der Waals surface area contributed by atoms with Gasteiger partial charge >= 0.3 is 0 Å². The molecule has 0 aliphatic carbocycles. The third-order valence-electron chi connectivity index (χ3n) is 3.44. The van der Waals surface area contributed by atoms with Crippen LogP contribution in [0.15, 0.2) is 12.5 Å². The van der Waals surface area contributed by atoms with Crippen molar-refractivity contribution in [3.05, 3.63) is 18.2 Å². The number of nitrogens with zero attached hydrogens (tertiary/aromatic N) is 2. The highest BCUT2D eigenvalue weighted by atomic mass is 16.1. The largest absolute Gasteiger partial charge is 0.354 e. The Labute approximate surface area is 114 Å². The second kappa shape index (κ2) is 6.70. The van der Waals surface area contributed by atoms with Crippen molar-refractivity contribution in [3.63, 3.8) is 0 Å². The van der Waals surface area contributed by atoms with Gasteiger partial charge < -0.3 is 15.2 Å². The number of carbonyl (C=O) groups is 1. The summed E-state index contributed by atoms with van der Waals surface area (Å²) in [7, 11) is 0. The number of nitrogens with one attached hydrogen (secondary N) is 2. The van der Waals surface area contributed by atoms with Gasteiger partial charge in [0.05, 0.1) is 12.0 Å². The fraction of sp³-hybridized carbons (Fsp3) is 0.714. The quantitative estimate of drug-likeness (QED) is 0.849. The summed E-state index contributed by atoms with van der Waals surface area (Å²) in [6.45, 7) is 5.73. The molecule has 0 bridgehead atoms. The Hall–Kier alpha value is -1.36. The molecule has 0 spiro atoms. The van der Waals surface area contributed by atoms with Crippen LogP contribution in [0.1, 0.15) is 51.3 Å². The van der Waals surface area contributed by atoms with E-state index in [-0.39, 0.29) is 11.9 Å². The highest BCUT2D eigenvalue weighted by Gasteiger charge is 2.18. The summed E-state index contributed by atoms with van der Waals surface area (Å²) in [5.41, 5.74) is 1.21. The fourth-order valence-electron chi connectivity index (χ4n) is 2.53. The number of piperidine rings is 1. The number of imidazole rings is 1. The van der Waals surface area contributed by atoms with E-state index in [1.807, 2.05) is 26.4 Å². The van der Waals surface area contributed by atoms with Gasteiger partial charge in [-0.1, -0.05) is 6.42 Å². The molecule has 19 heavy (non-hydrogen) atoms. The maximum absolute atomic E-state index is 11.7. The van der Waals surface area contributed by atoms with Gasteiger partial charge in [-0.15, -0.1) is 0 Å². The molecule has 0 aromatic carbocycles. The van der Waals surface area contributed by atoms with E-state index in [1.54, 1.807) is 0 Å². The molecule has 106 valence electrons. The van der Waals surface area contributed by atoms with Gasteiger partial charge in [0.2, 0.25) is 5.91 Å². The summed E-state index contributed by atoms with van der Waals surface area (Å²) in [6.07, 6.45) is 7.92. The van der Waals surface area contributed by atoms with Crippen LogP contribution in [0.2, 0.25) is 0 Å². The molecule has 2 N–H and O–H groups in total. The zero-order valence-electron chi connectivity index (χ0n) is 11.9. The van der Waals surface area contributed by atoms with E-state index in [9.17, 15) is 4.79 Å². The number of hydrogen-bond donors (Lipinski definition) is 2. The molecular formula is C14H24N4O. The van der Waals surface area contributed by atoms with Crippen LogP contribution in [-0.2, 0) is 11.3 Å². The van der Waals surface area contributed by atoms with Crippen LogP contribution < -0.4 is 10.6 Å². The Morgan fingerprint density at radius 1 is 1.58 bits per heavy atom. The summed E-state index contributed by atoms with van der Waals surface area (Å²) in [6, 6.07) is 0.596. The Morgan fingerprint density at radius 2 is 2.42 bits per heavy atom. The lowest BCUT2D eigenvalue weighted by Crippen LogP contribution is -2.31. The number of rotatable bonds is 5. The average Bonchev–Trinajstić information content (AvgIpc) is 2.85. The zero-order valence-corrected chi connectivity index (χ0v) is 11.9. The summed E-state index contributed by atoms with van der Waals surface area (Å²) in [5.74, 6) is 0.103. The van der Waals surface area contributed by atoms with Gasteiger partial charge in [-0.2, -0.15) is 0 Å². The molecule has 1 aromatic rings. The zero-order chi connectivity index (χ0) is 13.7. The van der Waals surface area contributed by atoms with Crippen molar-refractivity contribution in [2.45, 2.75) is 58.2 Å². The van der Waals surface area contributed by atoms with Crippen molar-refractivity contribution in [3.8, 4) is 0 Å². The predicted molar refractivity (Wildman–Crippen MR) is 74.7 cm³/mol. The Balaban J connectivity index is 1.90. The van der Waals surface area contributed by atoms with E-state index in [0.29, 0.717) is 19.0 Å². The Morgan fingerprint density at radius 3 is 3.11 bits per heavy atom. The summed E-state index contributed by atoms with van der Waals surface area (Å²) in [5, 5.41) is 6.44. The van der Waals surface area contributed by atoms with Gasteiger partial charge in [-0.25, -0.2) is 4.98 Å². The average molecular weight is 264 g/mol. The Bertz CT molecular complexity index is 407. The smallest absolute Gasteiger partial charge is 0.221 e. The molecule has 1 aliphatic rings. The van der Waals surface area contributed by atoms with Crippen molar-refractivity contribution >= 4 is 5.91 Å². The van der Waals surface area contributed by atoms with Gasteiger partial charge in [-0.05, 0) is 33.2 Å². The minimum Gasteiger partial charge on any atom is -0.354 e. The molecule has 2 rings (SSSR count). The van der Waals surface area contributed by atoms with Gasteiger partial charge in [0.1, 0.15) is 0 Å². The van der Waals surface area contributed by atoms with Crippen LogP contribution in [0.25, 0.3) is 0 Å². The van der Waals surface area contributed by atoms with E-state index in [0.717, 1.165) is 13.0 Å². The second-order valence-corrected chi connectivity index (χ2v) is 5.49. The molecule has 5 heteroatoms. The van der Waals surface area contributed by atoms with Gasteiger partial charge in [-0.3, -0.25) is 4.79 Å². The highest BCUT2D eigenvalue weighted by Crippen LogP contribution is 2.22. The molecule has 0 saturated carbocycles. The number of hydrogen-bond acceptors (Lipinski definition) is 3. The first-order chi connectivity index (χ1) is 9.16. The summed E-state index contributed by atoms with van der Waals surface area (Å²) < 4.78 is 2.10. The molecule has 1 aliphatic heterocycles. The second-order valence-electron chi connectivity index (χ2n) is 5.49. The standard InChI is InChI=1S/C14H24N4O/c1-11(2)17-14(19)6-8-18-10-15-9-13(18)12-5-3-4-7-16-12/h9-12,16H,3-8H2,1-2H3,(H,17,19). The van der Waals surface area contributed by atoms with Crippen molar-refractivity contribution in [1.82, 2.24) is 20.2 Å². The highest BCUT2D eigenvalue weighted by molar-refractivity contribution is 5.76. The van der Waals surface area contributed by atoms with Gasteiger partial charge in [0.15, 0.2) is 0 Å².